The van der Waals surface area contributed by atoms with E-state index in [-0.39, 0.29) is 11.8 Å². The summed E-state index contributed by atoms with van der Waals surface area (Å²) >= 11 is 5.67. The zero-order chi connectivity index (χ0) is 14.3. The Balaban J connectivity index is 2.90. The molecular formula is C14H22ClNO2S. The summed E-state index contributed by atoms with van der Waals surface area (Å²) < 4.78 is 24.4. The van der Waals surface area contributed by atoms with Crippen molar-refractivity contribution in [3.05, 3.63) is 24.3 Å². The normalized spacial score (nSPS) is 13.2. The summed E-state index contributed by atoms with van der Waals surface area (Å²) in [5.41, 5.74) is 0.693. The van der Waals surface area contributed by atoms with Crippen molar-refractivity contribution >= 4 is 27.1 Å². The smallest absolute Gasteiger partial charge is 0.180 e. The third-order valence-corrected chi connectivity index (χ3v) is 5.11. The molecule has 0 amide bonds. The zero-order valence-electron chi connectivity index (χ0n) is 11.5. The van der Waals surface area contributed by atoms with Gasteiger partial charge in [-0.1, -0.05) is 19.1 Å². The topological polar surface area (TPSA) is 46.2 Å². The molecule has 0 aliphatic carbocycles. The maximum atomic E-state index is 12.2. The van der Waals surface area contributed by atoms with Crippen molar-refractivity contribution in [2.75, 3.05) is 16.9 Å². The Labute approximate surface area is 121 Å². The maximum Gasteiger partial charge on any atom is 0.180 e. The first kappa shape index (κ1) is 16.3. The minimum atomic E-state index is -3.20. The first-order valence-corrected chi connectivity index (χ1v) is 8.84. The van der Waals surface area contributed by atoms with Gasteiger partial charge in [0.2, 0.25) is 0 Å². The van der Waals surface area contributed by atoms with Crippen LogP contribution in [0.1, 0.15) is 33.1 Å². The van der Waals surface area contributed by atoms with Gasteiger partial charge < -0.3 is 5.32 Å². The highest BCUT2D eigenvalue weighted by Crippen LogP contribution is 2.23. The minimum absolute atomic E-state index is 0.182. The van der Waals surface area contributed by atoms with Gasteiger partial charge >= 0.3 is 0 Å². The molecule has 1 atom stereocenters. The average Bonchev–Trinajstić information content (AvgIpc) is 2.36. The molecule has 0 bridgehead atoms. The lowest BCUT2D eigenvalue weighted by molar-refractivity contribution is 0.594. The molecule has 108 valence electrons. The Kier molecular flexibility index (Phi) is 6.66. The number of anilines is 1. The van der Waals surface area contributed by atoms with E-state index < -0.39 is 9.84 Å². The largest absolute Gasteiger partial charge is 0.382 e. The molecule has 1 rings (SSSR count). The van der Waals surface area contributed by atoms with Crippen LogP contribution in [0, 0.1) is 0 Å². The summed E-state index contributed by atoms with van der Waals surface area (Å²) in [6, 6.07) is 7.30. The van der Waals surface area contributed by atoms with E-state index in [1.165, 1.54) is 0 Å². The predicted octanol–water partition coefficient (Wildman–Crippen LogP) is 3.69. The summed E-state index contributed by atoms with van der Waals surface area (Å²) in [5, 5.41) is 3.27. The molecule has 1 N–H and O–H groups in total. The second-order valence-corrected chi connectivity index (χ2v) is 7.15. The fourth-order valence-electron chi connectivity index (χ4n) is 1.96. The monoisotopic (exact) mass is 303 g/mol. The fraction of sp³-hybridized carbons (Fsp3) is 0.571. The van der Waals surface area contributed by atoms with Crippen LogP contribution in [0.2, 0.25) is 0 Å². The van der Waals surface area contributed by atoms with Crippen molar-refractivity contribution in [1.29, 1.82) is 0 Å². The molecule has 0 saturated carbocycles. The van der Waals surface area contributed by atoms with Gasteiger partial charge in [0.1, 0.15) is 0 Å². The van der Waals surface area contributed by atoms with Gasteiger partial charge in [-0.05, 0) is 38.3 Å². The van der Waals surface area contributed by atoms with Gasteiger partial charge in [0, 0.05) is 11.9 Å². The molecule has 0 aliphatic heterocycles. The van der Waals surface area contributed by atoms with Crippen LogP contribution in [0.5, 0.6) is 0 Å². The summed E-state index contributed by atoms with van der Waals surface area (Å²) in [4.78, 5) is 0.398. The van der Waals surface area contributed by atoms with Crippen molar-refractivity contribution < 1.29 is 8.42 Å². The molecule has 0 fully saturated rings. The maximum absolute atomic E-state index is 12.2. The van der Waals surface area contributed by atoms with Gasteiger partial charge in [0.05, 0.1) is 16.3 Å². The molecule has 0 spiro atoms. The highest BCUT2D eigenvalue weighted by Gasteiger charge is 2.18. The van der Waals surface area contributed by atoms with Gasteiger partial charge in [0.15, 0.2) is 9.84 Å². The first-order valence-electron chi connectivity index (χ1n) is 6.65. The van der Waals surface area contributed by atoms with E-state index in [9.17, 15) is 8.42 Å². The van der Waals surface area contributed by atoms with E-state index in [0.717, 1.165) is 12.8 Å². The van der Waals surface area contributed by atoms with Gasteiger partial charge in [-0.2, -0.15) is 0 Å². The summed E-state index contributed by atoms with van der Waals surface area (Å²) in [6.45, 7) is 3.91. The molecule has 1 unspecified atom stereocenters. The zero-order valence-corrected chi connectivity index (χ0v) is 13.1. The second-order valence-electron chi connectivity index (χ2n) is 4.69. The van der Waals surface area contributed by atoms with Crippen LogP contribution in [-0.4, -0.2) is 26.1 Å². The Morgan fingerprint density at radius 1 is 1.32 bits per heavy atom. The number of hydrogen-bond acceptors (Lipinski definition) is 3. The number of sulfone groups is 1. The van der Waals surface area contributed by atoms with Crippen LogP contribution in [0.15, 0.2) is 29.2 Å². The van der Waals surface area contributed by atoms with Crippen LogP contribution in [-0.2, 0) is 9.84 Å². The molecule has 5 heteroatoms. The van der Waals surface area contributed by atoms with Crippen molar-refractivity contribution in [2.45, 2.75) is 44.0 Å². The van der Waals surface area contributed by atoms with Crippen molar-refractivity contribution in [3.8, 4) is 0 Å². The van der Waals surface area contributed by atoms with Crippen LogP contribution >= 0.6 is 11.6 Å². The first-order chi connectivity index (χ1) is 9.01. The minimum Gasteiger partial charge on any atom is -0.382 e. The van der Waals surface area contributed by atoms with Gasteiger partial charge in [0.25, 0.3) is 0 Å². The Morgan fingerprint density at radius 2 is 2.00 bits per heavy atom. The molecule has 0 aliphatic rings. The molecular weight excluding hydrogens is 282 g/mol. The molecule has 1 aromatic carbocycles. The van der Waals surface area contributed by atoms with Gasteiger partial charge in [-0.25, -0.2) is 8.42 Å². The van der Waals surface area contributed by atoms with Gasteiger partial charge in [-0.15, -0.1) is 11.6 Å². The van der Waals surface area contributed by atoms with Crippen molar-refractivity contribution in [3.63, 3.8) is 0 Å². The third-order valence-electron chi connectivity index (χ3n) is 2.87. The standard InChI is InChI=1S/C14H22ClNO2S/c1-3-11-19(17,18)14-9-5-4-8-13(14)16-12(2)7-6-10-15/h4-5,8-9,12,16H,3,6-7,10-11H2,1-2H3. The lowest BCUT2D eigenvalue weighted by Crippen LogP contribution is -2.18. The third kappa shape index (κ3) is 5.03. The Bertz CT molecular complexity index is 488. The summed E-state index contributed by atoms with van der Waals surface area (Å²) in [7, 11) is -3.20. The average molecular weight is 304 g/mol. The molecule has 0 radical (unpaired) electrons. The van der Waals surface area contributed by atoms with Gasteiger partial charge in [-0.3, -0.25) is 0 Å². The van der Waals surface area contributed by atoms with E-state index >= 15 is 0 Å². The van der Waals surface area contributed by atoms with E-state index in [1.54, 1.807) is 12.1 Å². The van der Waals surface area contributed by atoms with Crippen molar-refractivity contribution in [1.82, 2.24) is 0 Å². The van der Waals surface area contributed by atoms with Crippen LogP contribution in [0.25, 0.3) is 0 Å². The fourth-order valence-corrected chi connectivity index (χ4v) is 3.62. The SMILES string of the molecule is CCCS(=O)(=O)c1ccccc1NC(C)CCCCl. The van der Waals surface area contributed by atoms with Crippen LogP contribution in [0.4, 0.5) is 5.69 Å². The van der Waals surface area contributed by atoms with Crippen LogP contribution < -0.4 is 5.32 Å². The summed E-state index contributed by atoms with van der Waals surface area (Å²) in [6.07, 6.45) is 2.46. The molecule has 1 aromatic rings. The molecule has 3 nitrogen and oxygen atoms in total. The highest BCUT2D eigenvalue weighted by molar-refractivity contribution is 7.91. The second kappa shape index (κ2) is 7.75. The Hall–Kier alpha value is -0.740. The number of rotatable bonds is 8. The number of halogens is 1. The number of nitrogens with one attached hydrogen (secondary N) is 1. The predicted molar refractivity (Wildman–Crippen MR) is 81.8 cm³/mol. The lowest BCUT2D eigenvalue weighted by Gasteiger charge is -2.17. The van der Waals surface area contributed by atoms with E-state index in [1.807, 2.05) is 26.0 Å². The lowest BCUT2D eigenvalue weighted by atomic mass is 10.2. The van der Waals surface area contributed by atoms with E-state index in [0.29, 0.717) is 22.9 Å². The number of alkyl halides is 1. The van der Waals surface area contributed by atoms with Crippen molar-refractivity contribution in [2.24, 2.45) is 0 Å². The quantitative estimate of drug-likeness (QED) is 0.745. The highest BCUT2D eigenvalue weighted by atomic mass is 35.5. The number of benzene rings is 1. The summed E-state index contributed by atoms with van der Waals surface area (Å²) in [5.74, 6) is 0.809. The van der Waals surface area contributed by atoms with Crippen LogP contribution in [0.3, 0.4) is 0 Å². The molecule has 0 saturated heterocycles. The van der Waals surface area contributed by atoms with E-state index in [4.69, 9.17) is 11.6 Å². The molecule has 19 heavy (non-hydrogen) atoms. The number of para-hydroxylation sites is 1. The molecule has 0 heterocycles. The number of hydrogen-bond donors (Lipinski definition) is 1. The van der Waals surface area contributed by atoms with E-state index in [2.05, 4.69) is 5.32 Å². The molecule has 0 aromatic heterocycles. The Morgan fingerprint density at radius 3 is 2.63 bits per heavy atom.